The fourth-order valence-corrected chi connectivity index (χ4v) is 4.37. The van der Waals surface area contributed by atoms with Crippen LogP contribution in [0.5, 0.6) is 0 Å². The molecule has 0 aromatic carbocycles. The molecule has 0 aromatic rings. The Labute approximate surface area is 120 Å². The van der Waals surface area contributed by atoms with E-state index in [4.69, 9.17) is 0 Å². The van der Waals surface area contributed by atoms with E-state index >= 15 is 0 Å². The fraction of sp³-hybridized carbons (Fsp3) is 1.00. The fourth-order valence-electron chi connectivity index (χ4n) is 4.37. The summed E-state index contributed by atoms with van der Waals surface area (Å²) in [5, 5.41) is 3.58. The predicted octanol–water partition coefficient (Wildman–Crippen LogP) is 3.52. The summed E-state index contributed by atoms with van der Waals surface area (Å²) in [4.78, 5) is 2.84. The zero-order chi connectivity index (χ0) is 13.8. The van der Waals surface area contributed by atoms with Gasteiger partial charge in [-0.25, -0.2) is 0 Å². The average molecular weight is 266 g/mol. The molecular formula is C17H34N2. The molecule has 2 heteroatoms. The van der Waals surface area contributed by atoms with Crippen LogP contribution in [0.3, 0.4) is 0 Å². The molecule has 0 bridgehead atoms. The van der Waals surface area contributed by atoms with Gasteiger partial charge in [0.2, 0.25) is 0 Å². The predicted molar refractivity (Wildman–Crippen MR) is 83.4 cm³/mol. The molecule has 1 aliphatic carbocycles. The van der Waals surface area contributed by atoms with Crippen molar-refractivity contribution in [3.63, 3.8) is 0 Å². The Morgan fingerprint density at radius 2 is 1.74 bits per heavy atom. The van der Waals surface area contributed by atoms with Gasteiger partial charge in [0.15, 0.2) is 0 Å². The SMILES string of the molecule is CC1CCCC(C)C1N(CC1CCCNC1)C(C)C. The highest BCUT2D eigenvalue weighted by Crippen LogP contribution is 2.34. The summed E-state index contributed by atoms with van der Waals surface area (Å²) in [7, 11) is 0. The Kier molecular flexibility index (Phi) is 5.70. The van der Waals surface area contributed by atoms with Gasteiger partial charge in [-0.05, 0) is 70.4 Å². The molecular weight excluding hydrogens is 232 g/mol. The van der Waals surface area contributed by atoms with Crippen LogP contribution >= 0.6 is 0 Å². The summed E-state index contributed by atoms with van der Waals surface area (Å²) in [6, 6.07) is 1.51. The lowest BCUT2D eigenvalue weighted by Crippen LogP contribution is -2.52. The minimum absolute atomic E-state index is 0.690. The van der Waals surface area contributed by atoms with Crippen LogP contribution in [0.15, 0.2) is 0 Å². The van der Waals surface area contributed by atoms with Crippen LogP contribution in [0, 0.1) is 17.8 Å². The molecule has 2 rings (SSSR count). The van der Waals surface area contributed by atoms with E-state index in [-0.39, 0.29) is 0 Å². The van der Waals surface area contributed by atoms with E-state index in [1.165, 1.54) is 51.7 Å². The van der Waals surface area contributed by atoms with Crippen molar-refractivity contribution in [2.75, 3.05) is 19.6 Å². The maximum absolute atomic E-state index is 3.58. The number of hydrogen-bond donors (Lipinski definition) is 1. The van der Waals surface area contributed by atoms with Crippen molar-refractivity contribution in [3.05, 3.63) is 0 Å². The lowest BCUT2D eigenvalue weighted by atomic mass is 9.77. The molecule has 112 valence electrons. The molecule has 0 aromatic heterocycles. The molecule has 1 N–H and O–H groups in total. The van der Waals surface area contributed by atoms with Gasteiger partial charge in [-0.1, -0.05) is 20.3 Å². The van der Waals surface area contributed by atoms with Crippen LogP contribution in [-0.4, -0.2) is 36.6 Å². The molecule has 0 spiro atoms. The minimum Gasteiger partial charge on any atom is -0.316 e. The highest BCUT2D eigenvalue weighted by molar-refractivity contribution is 4.88. The summed E-state index contributed by atoms with van der Waals surface area (Å²) < 4.78 is 0. The number of rotatable bonds is 4. The van der Waals surface area contributed by atoms with Crippen molar-refractivity contribution in [2.24, 2.45) is 17.8 Å². The van der Waals surface area contributed by atoms with Gasteiger partial charge in [0, 0.05) is 18.6 Å². The molecule has 1 saturated carbocycles. The van der Waals surface area contributed by atoms with Crippen LogP contribution in [0.25, 0.3) is 0 Å². The number of nitrogens with zero attached hydrogens (tertiary/aromatic N) is 1. The first-order chi connectivity index (χ1) is 9.09. The molecule has 1 heterocycles. The number of nitrogens with one attached hydrogen (secondary N) is 1. The molecule has 1 saturated heterocycles. The second-order valence-corrected chi connectivity index (χ2v) is 7.38. The normalized spacial score (nSPS) is 36.9. The van der Waals surface area contributed by atoms with Crippen molar-refractivity contribution in [2.45, 2.75) is 71.9 Å². The monoisotopic (exact) mass is 266 g/mol. The van der Waals surface area contributed by atoms with E-state index in [1.807, 2.05) is 0 Å². The molecule has 2 aliphatic rings. The van der Waals surface area contributed by atoms with Crippen LogP contribution in [-0.2, 0) is 0 Å². The van der Waals surface area contributed by atoms with Crippen molar-refractivity contribution >= 4 is 0 Å². The molecule has 19 heavy (non-hydrogen) atoms. The van der Waals surface area contributed by atoms with Gasteiger partial charge in [0.1, 0.15) is 0 Å². The molecule has 2 fully saturated rings. The maximum Gasteiger partial charge on any atom is 0.0149 e. The number of piperidine rings is 1. The van der Waals surface area contributed by atoms with Gasteiger partial charge in [-0.3, -0.25) is 4.90 Å². The largest absolute Gasteiger partial charge is 0.316 e. The van der Waals surface area contributed by atoms with Gasteiger partial charge >= 0.3 is 0 Å². The lowest BCUT2D eigenvalue weighted by molar-refractivity contribution is 0.0293. The van der Waals surface area contributed by atoms with Crippen LogP contribution < -0.4 is 5.32 Å². The smallest absolute Gasteiger partial charge is 0.0149 e. The first-order valence-corrected chi connectivity index (χ1v) is 8.56. The van der Waals surface area contributed by atoms with E-state index in [0.29, 0.717) is 6.04 Å². The quantitative estimate of drug-likeness (QED) is 0.837. The lowest BCUT2D eigenvalue weighted by Gasteiger charge is -2.46. The van der Waals surface area contributed by atoms with Gasteiger partial charge < -0.3 is 5.32 Å². The van der Waals surface area contributed by atoms with E-state index in [0.717, 1.165) is 23.8 Å². The van der Waals surface area contributed by atoms with Crippen LogP contribution in [0.2, 0.25) is 0 Å². The number of hydrogen-bond acceptors (Lipinski definition) is 2. The third-order valence-electron chi connectivity index (χ3n) is 5.40. The van der Waals surface area contributed by atoms with Gasteiger partial charge in [0.05, 0.1) is 0 Å². The van der Waals surface area contributed by atoms with Crippen LogP contribution in [0.1, 0.15) is 59.8 Å². The van der Waals surface area contributed by atoms with E-state index in [1.54, 1.807) is 0 Å². The standard InChI is InChI=1S/C17H34N2/c1-13(2)19(12-16-9-6-10-18-11-16)17-14(3)7-5-8-15(17)4/h13-18H,5-12H2,1-4H3. The van der Waals surface area contributed by atoms with E-state index in [9.17, 15) is 0 Å². The Morgan fingerprint density at radius 1 is 1.05 bits per heavy atom. The van der Waals surface area contributed by atoms with E-state index < -0.39 is 0 Å². The summed E-state index contributed by atoms with van der Waals surface area (Å²) in [5.41, 5.74) is 0. The molecule has 3 atom stereocenters. The second kappa shape index (κ2) is 7.08. The topological polar surface area (TPSA) is 15.3 Å². The van der Waals surface area contributed by atoms with Crippen molar-refractivity contribution in [1.82, 2.24) is 10.2 Å². The summed E-state index contributed by atoms with van der Waals surface area (Å²) in [6.45, 7) is 13.5. The van der Waals surface area contributed by atoms with E-state index in [2.05, 4.69) is 37.9 Å². The first kappa shape index (κ1) is 15.3. The molecule has 1 aliphatic heterocycles. The Bertz CT molecular complexity index is 248. The Morgan fingerprint density at radius 3 is 2.26 bits per heavy atom. The second-order valence-electron chi connectivity index (χ2n) is 7.38. The Hall–Kier alpha value is -0.0800. The zero-order valence-corrected chi connectivity index (χ0v) is 13.5. The highest BCUT2D eigenvalue weighted by atomic mass is 15.2. The van der Waals surface area contributed by atoms with Crippen molar-refractivity contribution in [1.29, 1.82) is 0 Å². The Balaban J connectivity index is 2.01. The third kappa shape index (κ3) is 3.95. The van der Waals surface area contributed by atoms with Gasteiger partial charge in [-0.15, -0.1) is 0 Å². The molecule has 0 radical (unpaired) electrons. The first-order valence-electron chi connectivity index (χ1n) is 8.56. The molecule has 3 unspecified atom stereocenters. The highest BCUT2D eigenvalue weighted by Gasteiger charge is 2.34. The molecule has 0 amide bonds. The van der Waals surface area contributed by atoms with Crippen molar-refractivity contribution in [3.8, 4) is 0 Å². The third-order valence-corrected chi connectivity index (χ3v) is 5.40. The minimum atomic E-state index is 0.690. The average Bonchev–Trinajstić information content (AvgIpc) is 2.38. The maximum atomic E-state index is 3.58. The van der Waals surface area contributed by atoms with Crippen LogP contribution in [0.4, 0.5) is 0 Å². The summed E-state index contributed by atoms with van der Waals surface area (Å²) in [6.07, 6.45) is 7.09. The van der Waals surface area contributed by atoms with Gasteiger partial charge in [-0.2, -0.15) is 0 Å². The summed E-state index contributed by atoms with van der Waals surface area (Å²) in [5.74, 6) is 2.63. The zero-order valence-electron chi connectivity index (χ0n) is 13.5. The summed E-state index contributed by atoms with van der Waals surface area (Å²) >= 11 is 0. The molecule has 2 nitrogen and oxygen atoms in total. The van der Waals surface area contributed by atoms with Gasteiger partial charge in [0.25, 0.3) is 0 Å². The van der Waals surface area contributed by atoms with Crippen molar-refractivity contribution < 1.29 is 0 Å².